The maximum Gasteiger partial charge on any atom is 0.174 e. The second kappa shape index (κ2) is 12.6. The Kier molecular flexibility index (Phi) is 12.9. The normalized spacial score (nSPS) is 12.7. The molecular weight excluding hydrogens is 276 g/mol. The van der Waals surface area contributed by atoms with Gasteiger partial charge in [-0.2, -0.15) is 0 Å². The van der Waals surface area contributed by atoms with E-state index in [4.69, 9.17) is 13.3 Å². The lowest BCUT2D eigenvalue weighted by molar-refractivity contribution is -0.0305. The largest absolute Gasteiger partial charge is 0.419 e. The molecule has 110 valence electrons. The first-order chi connectivity index (χ1) is 8.56. The minimum Gasteiger partial charge on any atom is -0.419 e. The van der Waals surface area contributed by atoms with Crippen molar-refractivity contribution in [1.29, 1.82) is 0 Å². The molecule has 0 aliphatic carbocycles. The summed E-state index contributed by atoms with van der Waals surface area (Å²) in [6, 6.07) is 1.30. The van der Waals surface area contributed by atoms with Crippen LogP contribution in [0.25, 0.3) is 0 Å². The zero-order valence-electron chi connectivity index (χ0n) is 12.9. The molecule has 0 bridgehead atoms. The highest BCUT2D eigenvalue weighted by Gasteiger charge is 2.13. The highest BCUT2D eigenvalue weighted by Crippen LogP contribution is 2.05. The van der Waals surface area contributed by atoms with Gasteiger partial charge >= 0.3 is 0 Å². The van der Waals surface area contributed by atoms with Crippen molar-refractivity contribution in [3.05, 3.63) is 0 Å². The average molecular weight is 309 g/mol. The van der Waals surface area contributed by atoms with Crippen LogP contribution in [0.15, 0.2) is 0 Å². The molecule has 0 aliphatic heterocycles. The summed E-state index contributed by atoms with van der Waals surface area (Å²) in [6.45, 7) is 11.6. The maximum absolute atomic E-state index is 5.85. The predicted molar refractivity (Wildman–Crippen MR) is 87.2 cm³/mol. The fourth-order valence-electron chi connectivity index (χ4n) is 1.71. The summed E-state index contributed by atoms with van der Waals surface area (Å²) in [5.74, 6) is 0. The van der Waals surface area contributed by atoms with Gasteiger partial charge < -0.3 is 13.3 Å². The van der Waals surface area contributed by atoms with Crippen molar-refractivity contribution >= 4 is 27.8 Å². The number of hydrogen-bond donors (Lipinski definition) is 0. The summed E-state index contributed by atoms with van der Waals surface area (Å²) >= 11 is 0. The lowest BCUT2D eigenvalue weighted by Crippen LogP contribution is -2.32. The summed E-state index contributed by atoms with van der Waals surface area (Å²) in [7, 11) is -2.41. The van der Waals surface area contributed by atoms with Crippen molar-refractivity contribution in [2.75, 3.05) is 6.61 Å². The number of unbranched alkanes of at least 4 members (excludes halogenated alkanes) is 3. The molecule has 0 heterocycles. The SMILES string of the molecule is CCCCCC[SiH2]OCC(O[SiH](C)C)O[SiH](C)C. The van der Waals surface area contributed by atoms with E-state index in [2.05, 4.69) is 33.1 Å². The van der Waals surface area contributed by atoms with Crippen molar-refractivity contribution in [1.82, 2.24) is 0 Å². The van der Waals surface area contributed by atoms with E-state index in [9.17, 15) is 0 Å². The van der Waals surface area contributed by atoms with Crippen LogP contribution < -0.4 is 0 Å². The van der Waals surface area contributed by atoms with Gasteiger partial charge in [0.15, 0.2) is 34.1 Å². The fourth-order valence-corrected chi connectivity index (χ4v) is 4.45. The molecule has 0 radical (unpaired) electrons. The van der Waals surface area contributed by atoms with E-state index in [1.165, 1.54) is 31.7 Å². The third kappa shape index (κ3) is 13.0. The molecule has 0 aromatic rings. The Labute approximate surface area is 119 Å². The Morgan fingerprint density at radius 2 is 1.56 bits per heavy atom. The van der Waals surface area contributed by atoms with Crippen molar-refractivity contribution in [2.24, 2.45) is 0 Å². The topological polar surface area (TPSA) is 27.7 Å². The van der Waals surface area contributed by atoms with Crippen LogP contribution in [0.5, 0.6) is 0 Å². The Bertz CT molecular complexity index is 170. The molecule has 6 heteroatoms. The first-order valence-electron chi connectivity index (χ1n) is 7.44. The van der Waals surface area contributed by atoms with E-state index < -0.39 is 18.1 Å². The number of rotatable bonds is 12. The lowest BCUT2D eigenvalue weighted by atomic mass is 10.2. The van der Waals surface area contributed by atoms with E-state index in [1.54, 1.807) is 0 Å². The monoisotopic (exact) mass is 308 g/mol. The second-order valence-corrected chi connectivity index (χ2v) is 11.6. The van der Waals surface area contributed by atoms with Crippen LogP contribution in [0.1, 0.15) is 32.6 Å². The zero-order valence-corrected chi connectivity index (χ0v) is 16.6. The molecule has 0 saturated carbocycles. The predicted octanol–water partition coefficient (Wildman–Crippen LogP) is 2.41. The summed E-state index contributed by atoms with van der Waals surface area (Å²) in [4.78, 5) is 0. The molecular formula is C12H32O3Si3. The zero-order chi connectivity index (χ0) is 13.8. The standard InChI is InChI=1S/C12H32O3Si3/c1-6-7-8-9-10-16-13-11-12(14-17(2)3)15-18(4)5/h12,17-18H,6-11,16H2,1-5H3. The van der Waals surface area contributed by atoms with Gasteiger partial charge in [-0.05, 0) is 32.2 Å². The second-order valence-electron chi connectivity index (χ2n) is 5.29. The molecule has 0 saturated heterocycles. The van der Waals surface area contributed by atoms with Gasteiger partial charge in [-0.3, -0.25) is 0 Å². The van der Waals surface area contributed by atoms with Crippen LogP contribution in [-0.4, -0.2) is 40.7 Å². The molecule has 0 unspecified atom stereocenters. The average Bonchev–Trinajstić information content (AvgIpc) is 2.26. The van der Waals surface area contributed by atoms with Crippen LogP contribution in [-0.2, 0) is 13.3 Å². The molecule has 18 heavy (non-hydrogen) atoms. The van der Waals surface area contributed by atoms with Gasteiger partial charge in [-0.1, -0.05) is 32.6 Å². The van der Waals surface area contributed by atoms with Gasteiger partial charge in [0.05, 0.1) is 6.61 Å². The van der Waals surface area contributed by atoms with E-state index in [-0.39, 0.29) is 16.1 Å². The molecule has 0 atom stereocenters. The minimum absolute atomic E-state index is 0.0773. The van der Waals surface area contributed by atoms with E-state index in [0.29, 0.717) is 6.61 Å². The highest BCUT2D eigenvalue weighted by molar-refractivity contribution is 6.49. The van der Waals surface area contributed by atoms with Gasteiger partial charge in [-0.15, -0.1) is 0 Å². The molecule has 0 aromatic heterocycles. The molecule has 0 N–H and O–H groups in total. The first kappa shape index (κ1) is 18.5. The minimum atomic E-state index is -1.03. The van der Waals surface area contributed by atoms with Crippen LogP contribution in [0.4, 0.5) is 0 Å². The lowest BCUT2D eigenvalue weighted by Gasteiger charge is -2.23. The fraction of sp³-hybridized carbons (Fsp3) is 1.00. The Balaban J connectivity index is 3.56. The molecule has 0 rings (SSSR count). The van der Waals surface area contributed by atoms with Gasteiger partial charge in [0.1, 0.15) is 0 Å². The third-order valence-corrected chi connectivity index (χ3v) is 5.50. The van der Waals surface area contributed by atoms with Crippen LogP contribution in [0.3, 0.4) is 0 Å². The maximum atomic E-state index is 5.85. The molecule has 3 nitrogen and oxygen atoms in total. The smallest absolute Gasteiger partial charge is 0.174 e. The van der Waals surface area contributed by atoms with Gasteiger partial charge in [0, 0.05) is 0 Å². The van der Waals surface area contributed by atoms with Gasteiger partial charge in [-0.25, -0.2) is 0 Å². The van der Waals surface area contributed by atoms with E-state index >= 15 is 0 Å². The molecule has 0 amide bonds. The Morgan fingerprint density at radius 3 is 2.06 bits per heavy atom. The summed E-state index contributed by atoms with van der Waals surface area (Å²) in [5.41, 5.74) is 0. The van der Waals surface area contributed by atoms with Crippen LogP contribution in [0, 0.1) is 0 Å². The molecule has 0 aliphatic rings. The first-order valence-corrected chi connectivity index (χ1v) is 14.6. The van der Waals surface area contributed by atoms with Crippen molar-refractivity contribution < 1.29 is 13.3 Å². The quantitative estimate of drug-likeness (QED) is 0.315. The summed E-state index contributed by atoms with van der Waals surface area (Å²) in [6.07, 6.45) is 5.29. The van der Waals surface area contributed by atoms with E-state index in [0.717, 1.165) is 0 Å². The third-order valence-electron chi connectivity index (χ3n) is 2.49. The van der Waals surface area contributed by atoms with Crippen LogP contribution in [0.2, 0.25) is 32.2 Å². The highest BCUT2D eigenvalue weighted by atomic mass is 28.3. The molecule has 0 spiro atoms. The van der Waals surface area contributed by atoms with Crippen molar-refractivity contribution in [2.45, 2.75) is 71.1 Å². The van der Waals surface area contributed by atoms with Gasteiger partial charge in [0.25, 0.3) is 0 Å². The molecule has 0 fully saturated rings. The Morgan fingerprint density at radius 1 is 0.944 bits per heavy atom. The van der Waals surface area contributed by atoms with Crippen molar-refractivity contribution in [3.63, 3.8) is 0 Å². The molecule has 0 aromatic carbocycles. The van der Waals surface area contributed by atoms with Crippen LogP contribution >= 0.6 is 0 Å². The van der Waals surface area contributed by atoms with Crippen molar-refractivity contribution in [3.8, 4) is 0 Å². The van der Waals surface area contributed by atoms with E-state index in [1.807, 2.05) is 0 Å². The summed E-state index contributed by atoms with van der Waals surface area (Å²) < 4.78 is 17.5. The Hall–Kier alpha value is 0.531. The number of hydrogen-bond acceptors (Lipinski definition) is 3. The van der Waals surface area contributed by atoms with Gasteiger partial charge in [0.2, 0.25) is 0 Å². The summed E-state index contributed by atoms with van der Waals surface area (Å²) in [5, 5.41) is 0.